The lowest BCUT2D eigenvalue weighted by Crippen LogP contribution is -2.08. The summed E-state index contributed by atoms with van der Waals surface area (Å²) in [6.45, 7) is 6.28. The van der Waals surface area contributed by atoms with E-state index in [1.54, 1.807) is 0 Å². The highest BCUT2D eigenvalue weighted by molar-refractivity contribution is 7.09. The fourth-order valence-corrected chi connectivity index (χ4v) is 2.80. The van der Waals surface area contributed by atoms with E-state index in [0.29, 0.717) is 17.6 Å². The standard InChI is InChI=1S/C16H19N5OS/c1-10(2)9-13-18-16(23-21-13)17-11(3)14-19-15(22-20-14)12-7-5-4-6-8-12/h4-8,10-11H,9H2,1-3H3,(H,17,18,21). The van der Waals surface area contributed by atoms with Gasteiger partial charge in [0, 0.05) is 23.5 Å². The van der Waals surface area contributed by atoms with Gasteiger partial charge in [-0.3, -0.25) is 0 Å². The molecule has 2 heterocycles. The molecule has 0 aliphatic rings. The highest BCUT2D eigenvalue weighted by Crippen LogP contribution is 2.22. The molecule has 0 radical (unpaired) electrons. The van der Waals surface area contributed by atoms with Crippen LogP contribution in [0, 0.1) is 5.92 Å². The number of nitrogens with zero attached hydrogens (tertiary/aromatic N) is 4. The van der Waals surface area contributed by atoms with Gasteiger partial charge in [0.2, 0.25) is 5.13 Å². The fourth-order valence-electron chi connectivity index (χ4n) is 2.12. The summed E-state index contributed by atoms with van der Waals surface area (Å²) in [6, 6.07) is 9.62. The van der Waals surface area contributed by atoms with Gasteiger partial charge in [0.15, 0.2) is 5.82 Å². The summed E-state index contributed by atoms with van der Waals surface area (Å²) in [5.41, 5.74) is 0.911. The van der Waals surface area contributed by atoms with E-state index in [4.69, 9.17) is 4.52 Å². The third-order valence-corrected chi connectivity index (χ3v) is 3.93. The normalized spacial score (nSPS) is 12.5. The fraction of sp³-hybridized carbons (Fsp3) is 0.375. The Balaban J connectivity index is 1.68. The Morgan fingerprint density at radius 3 is 2.65 bits per heavy atom. The zero-order valence-electron chi connectivity index (χ0n) is 13.4. The molecule has 23 heavy (non-hydrogen) atoms. The molecule has 1 N–H and O–H groups in total. The van der Waals surface area contributed by atoms with Gasteiger partial charge in [-0.05, 0) is 25.0 Å². The largest absolute Gasteiger partial charge is 0.350 e. The van der Waals surface area contributed by atoms with Gasteiger partial charge in [0.25, 0.3) is 5.89 Å². The number of aromatic nitrogens is 4. The number of rotatable bonds is 6. The van der Waals surface area contributed by atoms with Gasteiger partial charge in [-0.2, -0.15) is 9.36 Å². The molecule has 2 aromatic heterocycles. The molecule has 7 heteroatoms. The molecule has 1 aromatic carbocycles. The van der Waals surface area contributed by atoms with Crippen molar-refractivity contribution < 1.29 is 4.52 Å². The van der Waals surface area contributed by atoms with Crippen LogP contribution < -0.4 is 5.32 Å². The summed E-state index contributed by atoms with van der Waals surface area (Å²) in [5.74, 6) is 2.54. The second-order valence-corrected chi connectivity index (χ2v) is 6.56. The summed E-state index contributed by atoms with van der Waals surface area (Å²) in [5, 5.41) is 8.11. The molecule has 3 rings (SSSR count). The Bertz CT molecular complexity index is 753. The third kappa shape index (κ3) is 3.92. The van der Waals surface area contributed by atoms with Gasteiger partial charge in [0.1, 0.15) is 5.82 Å². The average Bonchev–Trinajstić information content (AvgIpc) is 3.17. The Morgan fingerprint density at radius 1 is 1.13 bits per heavy atom. The first kappa shape index (κ1) is 15.6. The van der Waals surface area contributed by atoms with Crippen molar-refractivity contribution in [3.63, 3.8) is 0 Å². The minimum Gasteiger partial charge on any atom is -0.350 e. The lowest BCUT2D eigenvalue weighted by atomic mass is 10.1. The topological polar surface area (TPSA) is 76.7 Å². The van der Waals surface area contributed by atoms with Crippen molar-refractivity contribution in [1.29, 1.82) is 0 Å². The summed E-state index contributed by atoms with van der Waals surface area (Å²) in [6.07, 6.45) is 0.882. The molecule has 0 bridgehead atoms. The van der Waals surface area contributed by atoms with Crippen LogP contribution in [0.1, 0.15) is 38.5 Å². The molecule has 0 saturated heterocycles. The number of hydrogen-bond donors (Lipinski definition) is 1. The van der Waals surface area contributed by atoms with Gasteiger partial charge >= 0.3 is 0 Å². The molecule has 0 amide bonds. The molecule has 0 aliphatic heterocycles. The zero-order chi connectivity index (χ0) is 16.2. The number of hydrogen-bond acceptors (Lipinski definition) is 7. The maximum Gasteiger partial charge on any atom is 0.257 e. The summed E-state index contributed by atoms with van der Waals surface area (Å²) in [7, 11) is 0. The van der Waals surface area contributed by atoms with Crippen LogP contribution in [-0.2, 0) is 6.42 Å². The molecule has 0 spiro atoms. The van der Waals surface area contributed by atoms with E-state index in [0.717, 1.165) is 22.9 Å². The van der Waals surface area contributed by atoms with Gasteiger partial charge in [-0.25, -0.2) is 4.98 Å². The second kappa shape index (κ2) is 6.87. The van der Waals surface area contributed by atoms with Crippen LogP contribution in [0.2, 0.25) is 0 Å². The highest BCUT2D eigenvalue weighted by atomic mass is 32.1. The molecule has 1 unspecified atom stereocenters. The van der Waals surface area contributed by atoms with Crippen LogP contribution in [0.15, 0.2) is 34.9 Å². The molecule has 0 saturated carbocycles. The van der Waals surface area contributed by atoms with E-state index in [-0.39, 0.29) is 6.04 Å². The lowest BCUT2D eigenvalue weighted by Gasteiger charge is -2.06. The van der Waals surface area contributed by atoms with Crippen molar-refractivity contribution in [2.75, 3.05) is 5.32 Å². The van der Waals surface area contributed by atoms with Crippen molar-refractivity contribution in [1.82, 2.24) is 19.5 Å². The Kier molecular flexibility index (Phi) is 4.66. The number of benzene rings is 1. The second-order valence-electron chi connectivity index (χ2n) is 5.80. The van der Waals surface area contributed by atoms with Crippen LogP contribution in [-0.4, -0.2) is 19.5 Å². The monoisotopic (exact) mass is 329 g/mol. The Labute approximate surface area is 139 Å². The quantitative estimate of drug-likeness (QED) is 0.737. The van der Waals surface area contributed by atoms with Crippen molar-refractivity contribution >= 4 is 16.7 Å². The molecule has 120 valence electrons. The summed E-state index contributed by atoms with van der Waals surface area (Å²) in [4.78, 5) is 8.94. The van der Waals surface area contributed by atoms with E-state index in [1.165, 1.54) is 11.5 Å². The van der Waals surface area contributed by atoms with Crippen molar-refractivity contribution in [3.05, 3.63) is 42.0 Å². The highest BCUT2D eigenvalue weighted by Gasteiger charge is 2.16. The van der Waals surface area contributed by atoms with Crippen LogP contribution in [0.4, 0.5) is 5.13 Å². The van der Waals surface area contributed by atoms with Crippen LogP contribution in [0.3, 0.4) is 0 Å². The smallest absolute Gasteiger partial charge is 0.257 e. The van der Waals surface area contributed by atoms with E-state index >= 15 is 0 Å². The Morgan fingerprint density at radius 2 is 1.91 bits per heavy atom. The van der Waals surface area contributed by atoms with Gasteiger partial charge < -0.3 is 9.84 Å². The number of anilines is 1. The Hall–Kier alpha value is -2.28. The first-order valence-electron chi connectivity index (χ1n) is 7.60. The number of nitrogens with one attached hydrogen (secondary N) is 1. The van der Waals surface area contributed by atoms with Crippen molar-refractivity contribution in [2.45, 2.75) is 33.2 Å². The third-order valence-electron chi connectivity index (χ3n) is 3.25. The SMILES string of the molecule is CC(C)Cc1nsc(NC(C)c2noc(-c3ccccc3)n2)n1. The molecular formula is C16H19N5OS. The van der Waals surface area contributed by atoms with E-state index in [9.17, 15) is 0 Å². The first-order valence-corrected chi connectivity index (χ1v) is 8.37. The molecule has 1 atom stereocenters. The lowest BCUT2D eigenvalue weighted by molar-refractivity contribution is 0.420. The molecule has 6 nitrogen and oxygen atoms in total. The molecule has 0 fully saturated rings. The van der Waals surface area contributed by atoms with Crippen LogP contribution in [0.25, 0.3) is 11.5 Å². The van der Waals surface area contributed by atoms with E-state index in [1.807, 2.05) is 37.3 Å². The molecule has 3 aromatic rings. The average molecular weight is 329 g/mol. The summed E-state index contributed by atoms with van der Waals surface area (Å²) < 4.78 is 9.69. The minimum atomic E-state index is -0.101. The van der Waals surface area contributed by atoms with Crippen molar-refractivity contribution in [3.8, 4) is 11.5 Å². The van der Waals surface area contributed by atoms with Gasteiger partial charge in [0.05, 0.1) is 6.04 Å². The van der Waals surface area contributed by atoms with E-state index in [2.05, 4.69) is 38.7 Å². The maximum absolute atomic E-state index is 5.33. The van der Waals surface area contributed by atoms with E-state index < -0.39 is 0 Å². The maximum atomic E-state index is 5.33. The molecular weight excluding hydrogens is 310 g/mol. The van der Waals surface area contributed by atoms with Crippen LogP contribution in [0.5, 0.6) is 0 Å². The molecule has 0 aliphatic carbocycles. The predicted molar refractivity (Wildman–Crippen MR) is 90.2 cm³/mol. The van der Waals surface area contributed by atoms with Crippen molar-refractivity contribution in [2.24, 2.45) is 5.92 Å². The summed E-state index contributed by atoms with van der Waals surface area (Å²) >= 11 is 1.36. The van der Waals surface area contributed by atoms with Crippen LogP contribution >= 0.6 is 11.5 Å². The van der Waals surface area contributed by atoms with Gasteiger partial charge in [-0.1, -0.05) is 37.2 Å². The zero-order valence-corrected chi connectivity index (χ0v) is 14.2. The van der Waals surface area contributed by atoms with Gasteiger partial charge in [-0.15, -0.1) is 0 Å². The predicted octanol–water partition coefficient (Wildman–Crippen LogP) is 3.96. The first-order chi connectivity index (χ1) is 11.1. The minimum absolute atomic E-state index is 0.101.